The number of hydrogen-bond donors (Lipinski definition) is 1. The van der Waals surface area contributed by atoms with Crippen LogP contribution in [0.3, 0.4) is 0 Å². The number of nitrogens with zero attached hydrogens (tertiary/aromatic N) is 3. The molecule has 0 amide bonds. The highest BCUT2D eigenvalue weighted by Crippen LogP contribution is 2.25. The lowest BCUT2D eigenvalue weighted by Crippen LogP contribution is -2.36. The van der Waals surface area contributed by atoms with E-state index in [0.717, 1.165) is 34.7 Å². The zero-order valence-corrected chi connectivity index (χ0v) is 16.4. The topological polar surface area (TPSA) is 59.8 Å². The summed E-state index contributed by atoms with van der Waals surface area (Å²) in [5.74, 6) is 0.767. The normalized spacial score (nSPS) is 15.8. The van der Waals surface area contributed by atoms with E-state index in [1.807, 2.05) is 42.5 Å². The van der Waals surface area contributed by atoms with Crippen molar-refractivity contribution in [2.45, 2.75) is 12.6 Å². The fourth-order valence-corrected chi connectivity index (χ4v) is 4.22. The summed E-state index contributed by atoms with van der Waals surface area (Å²) >= 11 is 6.87. The molecular formula is C19H21N3O3S2. The summed E-state index contributed by atoms with van der Waals surface area (Å²) in [7, 11) is 0. The molecule has 0 aliphatic carbocycles. The molecule has 1 atom stereocenters. The van der Waals surface area contributed by atoms with Gasteiger partial charge in [-0.05, 0) is 23.7 Å². The maximum Gasteiger partial charge on any atom is 0.207 e. The second kappa shape index (κ2) is 8.35. The van der Waals surface area contributed by atoms with Crippen LogP contribution in [0, 0.1) is 3.95 Å². The highest BCUT2D eigenvalue weighted by molar-refractivity contribution is 7.73. The van der Waals surface area contributed by atoms with Crippen LogP contribution in [0.1, 0.15) is 0 Å². The molecule has 6 nitrogen and oxygen atoms in total. The van der Waals surface area contributed by atoms with Crippen LogP contribution < -0.4 is 9.64 Å². The number of ether oxygens (including phenoxy) is 2. The van der Waals surface area contributed by atoms with Crippen LogP contribution in [-0.4, -0.2) is 53.9 Å². The van der Waals surface area contributed by atoms with Crippen molar-refractivity contribution >= 4 is 39.5 Å². The van der Waals surface area contributed by atoms with E-state index in [4.69, 9.17) is 21.7 Å². The van der Waals surface area contributed by atoms with Crippen LogP contribution >= 0.6 is 23.6 Å². The van der Waals surface area contributed by atoms with Gasteiger partial charge in [0.2, 0.25) is 5.13 Å². The number of aliphatic hydroxyl groups excluding tert-OH is 1. The highest BCUT2D eigenvalue weighted by Gasteiger charge is 2.17. The number of anilines is 1. The number of hydrogen-bond acceptors (Lipinski definition) is 7. The van der Waals surface area contributed by atoms with Crippen molar-refractivity contribution in [3.05, 3.63) is 46.4 Å². The van der Waals surface area contributed by atoms with Gasteiger partial charge < -0.3 is 19.5 Å². The number of aliphatic hydroxyl groups is 1. The maximum absolute atomic E-state index is 10.4. The van der Waals surface area contributed by atoms with Crippen molar-refractivity contribution < 1.29 is 14.6 Å². The van der Waals surface area contributed by atoms with Crippen molar-refractivity contribution in [1.29, 1.82) is 0 Å². The van der Waals surface area contributed by atoms with Crippen molar-refractivity contribution in [2.75, 3.05) is 37.8 Å². The van der Waals surface area contributed by atoms with Crippen LogP contribution in [0.15, 0.2) is 42.5 Å². The van der Waals surface area contributed by atoms with Gasteiger partial charge in [-0.25, -0.2) is 4.68 Å². The van der Waals surface area contributed by atoms with Crippen LogP contribution in [0.4, 0.5) is 5.13 Å². The maximum atomic E-state index is 10.4. The van der Waals surface area contributed by atoms with E-state index in [-0.39, 0.29) is 6.61 Å². The largest absolute Gasteiger partial charge is 0.490 e. The average molecular weight is 404 g/mol. The SMILES string of the molecule is OC(COc1cccc2ccccc12)Cn1nc(N2CCOCC2)sc1=S. The first-order valence-corrected chi connectivity index (χ1v) is 10.1. The second-order valence-corrected chi connectivity index (χ2v) is 7.98. The van der Waals surface area contributed by atoms with Gasteiger partial charge in [0, 0.05) is 18.5 Å². The summed E-state index contributed by atoms with van der Waals surface area (Å²) in [6, 6.07) is 13.9. The van der Waals surface area contributed by atoms with Crippen molar-refractivity contribution in [3.63, 3.8) is 0 Å². The molecule has 3 aromatic rings. The molecule has 2 aromatic carbocycles. The van der Waals surface area contributed by atoms with Crippen LogP contribution in [0.5, 0.6) is 5.75 Å². The third kappa shape index (κ3) is 4.30. The number of rotatable bonds is 6. The molecule has 27 heavy (non-hydrogen) atoms. The molecular weight excluding hydrogens is 382 g/mol. The minimum atomic E-state index is -0.699. The summed E-state index contributed by atoms with van der Waals surface area (Å²) in [6.07, 6.45) is -0.699. The van der Waals surface area contributed by atoms with E-state index < -0.39 is 6.10 Å². The molecule has 1 aliphatic heterocycles. The van der Waals surface area contributed by atoms with Gasteiger partial charge in [-0.3, -0.25) is 0 Å². The standard InChI is InChI=1S/C19H21N3O3S2/c23-15(13-25-17-7-3-5-14-4-1-2-6-16(14)17)12-22-19(26)27-18(20-22)21-8-10-24-11-9-21/h1-7,15,23H,8-13H2. The lowest BCUT2D eigenvalue weighted by Gasteiger charge is -2.25. The number of benzene rings is 2. The first-order valence-electron chi connectivity index (χ1n) is 8.90. The Hall–Kier alpha value is -2.00. The summed E-state index contributed by atoms with van der Waals surface area (Å²) in [6.45, 7) is 3.52. The summed E-state index contributed by atoms with van der Waals surface area (Å²) in [5, 5.41) is 18.0. The molecule has 1 saturated heterocycles. The Labute approximate surface area is 166 Å². The molecule has 8 heteroatoms. The minimum Gasteiger partial charge on any atom is -0.490 e. The first kappa shape index (κ1) is 18.4. The van der Waals surface area contributed by atoms with Crippen LogP contribution in [-0.2, 0) is 11.3 Å². The average Bonchev–Trinajstić information content (AvgIpc) is 3.07. The third-order valence-electron chi connectivity index (χ3n) is 4.44. The van der Waals surface area contributed by atoms with E-state index >= 15 is 0 Å². The van der Waals surface area contributed by atoms with E-state index in [2.05, 4.69) is 10.00 Å². The highest BCUT2D eigenvalue weighted by atomic mass is 32.1. The molecule has 1 N–H and O–H groups in total. The fraction of sp³-hybridized carbons (Fsp3) is 0.368. The van der Waals surface area contributed by atoms with Gasteiger partial charge in [0.25, 0.3) is 0 Å². The number of morpholine rings is 1. The molecule has 142 valence electrons. The van der Waals surface area contributed by atoms with Crippen LogP contribution in [0.25, 0.3) is 10.8 Å². The van der Waals surface area contributed by atoms with Gasteiger partial charge in [0.1, 0.15) is 18.5 Å². The van der Waals surface area contributed by atoms with Gasteiger partial charge in [-0.1, -0.05) is 47.7 Å². The predicted octanol–water partition coefficient (Wildman–Crippen LogP) is 3.10. The quantitative estimate of drug-likeness (QED) is 0.638. The van der Waals surface area contributed by atoms with Gasteiger partial charge in [-0.2, -0.15) is 0 Å². The zero-order chi connectivity index (χ0) is 18.6. The summed E-state index contributed by atoms with van der Waals surface area (Å²) in [4.78, 5) is 2.17. The smallest absolute Gasteiger partial charge is 0.207 e. The van der Waals surface area contributed by atoms with Gasteiger partial charge in [0.05, 0.1) is 19.8 Å². The van der Waals surface area contributed by atoms with E-state index in [9.17, 15) is 5.11 Å². The van der Waals surface area contributed by atoms with Crippen LogP contribution in [0.2, 0.25) is 0 Å². The molecule has 1 unspecified atom stereocenters. The van der Waals surface area contributed by atoms with E-state index in [1.165, 1.54) is 11.3 Å². The molecule has 4 rings (SSSR count). The molecule has 0 spiro atoms. The Morgan fingerprint density at radius 2 is 1.96 bits per heavy atom. The molecule has 1 aromatic heterocycles. The molecule has 1 fully saturated rings. The second-order valence-electron chi connectivity index (χ2n) is 6.37. The lowest BCUT2D eigenvalue weighted by molar-refractivity contribution is 0.0897. The summed E-state index contributed by atoms with van der Waals surface area (Å²) < 4.78 is 13.6. The van der Waals surface area contributed by atoms with Gasteiger partial charge in [0.15, 0.2) is 3.95 Å². The molecule has 0 radical (unpaired) electrons. The lowest BCUT2D eigenvalue weighted by atomic mass is 10.1. The molecule has 1 aliphatic rings. The predicted molar refractivity (Wildman–Crippen MR) is 109 cm³/mol. The zero-order valence-electron chi connectivity index (χ0n) is 14.8. The minimum absolute atomic E-state index is 0.181. The molecule has 2 heterocycles. The Morgan fingerprint density at radius 3 is 2.81 bits per heavy atom. The first-order chi connectivity index (χ1) is 13.2. The third-order valence-corrected chi connectivity index (χ3v) is 5.81. The van der Waals surface area contributed by atoms with Crippen molar-refractivity contribution in [3.8, 4) is 5.75 Å². The van der Waals surface area contributed by atoms with Gasteiger partial charge >= 0.3 is 0 Å². The number of aromatic nitrogens is 2. The Balaban J connectivity index is 1.40. The Kier molecular flexibility index (Phi) is 5.68. The summed E-state index contributed by atoms with van der Waals surface area (Å²) in [5.41, 5.74) is 0. The fourth-order valence-electron chi connectivity index (χ4n) is 3.05. The van der Waals surface area contributed by atoms with Crippen molar-refractivity contribution in [2.24, 2.45) is 0 Å². The molecule has 0 bridgehead atoms. The number of fused-ring (bicyclic) bond motifs is 1. The molecule has 0 saturated carbocycles. The Bertz CT molecular complexity index is 961. The monoisotopic (exact) mass is 403 g/mol. The van der Waals surface area contributed by atoms with E-state index in [0.29, 0.717) is 23.7 Å². The van der Waals surface area contributed by atoms with E-state index in [1.54, 1.807) is 4.68 Å². The Morgan fingerprint density at radius 1 is 1.19 bits per heavy atom. The van der Waals surface area contributed by atoms with Crippen molar-refractivity contribution in [1.82, 2.24) is 9.78 Å². The van der Waals surface area contributed by atoms with Gasteiger partial charge in [-0.15, -0.1) is 5.10 Å².